The number of nitrogens with two attached hydrogens (primary N) is 2. The van der Waals surface area contributed by atoms with Crippen molar-refractivity contribution in [1.82, 2.24) is 0 Å². The predicted molar refractivity (Wildman–Crippen MR) is 57.2 cm³/mol. The van der Waals surface area contributed by atoms with E-state index in [4.69, 9.17) is 34.7 Å². The predicted octanol–water partition coefficient (Wildman–Crippen LogP) is 1.82. The Hall–Kier alpha value is -0.280. The molecule has 1 aromatic carbocycles. The second kappa shape index (κ2) is 4.82. The maximum atomic E-state index is 5.95. The first kappa shape index (κ1) is 10.8. The van der Waals surface area contributed by atoms with Gasteiger partial charge in [-0.1, -0.05) is 29.3 Å². The van der Waals surface area contributed by atoms with E-state index >= 15 is 0 Å². The Bertz CT molecular complexity index is 269. The normalized spacial score (nSPS) is 12.9. The zero-order chi connectivity index (χ0) is 9.84. The highest BCUT2D eigenvalue weighted by Crippen LogP contribution is 2.24. The van der Waals surface area contributed by atoms with Crippen LogP contribution < -0.4 is 11.5 Å². The summed E-state index contributed by atoms with van der Waals surface area (Å²) in [6, 6.07) is 5.32. The Morgan fingerprint density at radius 3 is 2.23 bits per heavy atom. The lowest BCUT2D eigenvalue weighted by Crippen LogP contribution is -2.31. The van der Waals surface area contributed by atoms with Crippen molar-refractivity contribution in [2.75, 3.05) is 6.54 Å². The smallest absolute Gasteiger partial charge is 0.0453 e. The van der Waals surface area contributed by atoms with Crippen molar-refractivity contribution in [1.29, 1.82) is 0 Å². The molecule has 0 spiro atoms. The van der Waals surface area contributed by atoms with Crippen LogP contribution in [0.4, 0.5) is 0 Å². The van der Waals surface area contributed by atoms with Gasteiger partial charge in [0, 0.05) is 22.6 Å². The van der Waals surface area contributed by atoms with Gasteiger partial charge >= 0.3 is 0 Å². The highest BCUT2D eigenvalue weighted by molar-refractivity contribution is 6.35. The molecule has 0 aliphatic rings. The summed E-state index contributed by atoms with van der Waals surface area (Å²) in [5, 5.41) is 1.30. The zero-order valence-corrected chi connectivity index (χ0v) is 8.65. The maximum absolute atomic E-state index is 5.95. The molecule has 1 atom stereocenters. The van der Waals surface area contributed by atoms with Crippen LogP contribution in [0.15, 0.2) is 18.2 Å². The van der Waals surface area contributed by atoms with Gasteiger partial charge in [-0.3, -0.25) is 0 Å². The zero-order valence-electron chi connectivity index (χ0n) is 7.13. The molecule has 0 saturated heterocycles. The van der Waals surface area contributed by atoms with Gasteiger partial charge in [-0.05, 0) is 24.1 Å². The van der Waals surface area contributed by atoms with Crippen LogP contribution in [-0.2, 0) is 6.42 Å². The summed E-state index contributed by atoms with van der Waals surface area (Å²) in [7, 11) is 0. The lowest BCUT2D eigenvalue weighted by atomic mass is 10.1. The fourth-order valence-electron chi connectivity index (χ4n) is 1.07. The fraction of sp³-hybridized carbons (Fsp3) is 0.333. The van der Waals surface area contributed by atoms with Crippen LogP contribution >= 0.6 is 23.2 Å². The average molecular weight is 219 g/mol. The van der Waals surface area contributed by atoms with Crippen molar-refractivity contribution in [3.63, 3.8) is 0 Å². The third-order valence-corrected chi connectivity index (χ3v) is 2.54. The first-order valence-electron chi connectivity index (χ1n) is 4.03. The Morgan fingerprint density at radius 1 is 1.23 bits per heavy atom. The highest BCUT2D eigenvalue weighted by atomic mass is 35.5. The monoisotopic (exact) mass is 218 g/mol. The molecule has 0 amide bonds. The lowest BCUT2D eigenvalue weighted by molar-refractivity contribution is 0.679. The molecule has 1 aromatic rings. The summed E-state index contributed by atoms with van der Waals surface area (Å²) in [6.07, 6.45) is 0.620. The molecule has 13 heavy (non-hydrogen) atoms. The van der Waals surface area contributed by atoms with Crippen LogP contribution in [0.2, 0.25) is 10.0 Å². The molecule has 4 heteroatoms. The second-order valence-electron chi connectivity index (χ2n) is 2.90. The van der Waals surface area contributed by atoms with E-state index in [2.05, 4.69) is 0 Å². The van der Waals surface area contributed by atoms with Gasteiger partial charge in [0.15, 0.2) is 0 Å². The Morgan fingerprint density at radius 2 is 1.77 bits per heavy atom. The molecule has 1 unspecified atom stereocenters. The molecule has 72 valence electrons. The van der Waals surface area contributed by atoms with E-state index in [1.807, 2.05) is 6.07 Å². The Labute approximate surface area is 87.8 Å². The summed E-state index contributed by atoms with van der Waals surface area (Å²) in [4.78, 5) is 0. The van der Waals surface area contributed by atoms with Gasteiger partial charge in [0.25, 0.3) is 0 Å². The topological polar surface area (TPSA) is 52.0 Å². The molecular weight excluding hydrogens is 207 g/mol. The number of benzene rings is 1. The van der Waals surface area contributed by atoms with Crippen LogP contribution in [0.1, 0.15) is 5.56 Å². The lowest BCUT2D eigenvalue weighted by Gasteiger charge is -2.11. The third kappa shape index (κ3) is 2.85. The van der Waals surface area contributed by atoms with Gasteiger partial charge in [-0.2, -0.15) is 0 Å². The SMILES string of the molecule is NCC(N)Cc1c(Cl)cccc1Cl. The van der Waals surface area contributed by atoms with Crippen molar-refractivity contribution in [2.45, 2.75) is 12.5 Å². The van der Waals surface area contributed by atoms with Crippen molar-refractivity contribution < 1.29 is 0 Å². The quantitative estimate of drug-likeness (QED) is 0.814. The van der Waals surface area contributed by atoms with Crippen molar-refractivity contribution >= 4 is 23.2 Å². The molecule has 1 rings (SSSR count). The van der Waals surface area contributed by atoms with Gasteiger partial charge in [0.1, 0.15) is 0 Å². The molecule has 0 fully saturated rings. The first-order chi connectivity index (χ1) is 6.15. The van der Waals surface area contributed by atoms with Gasteiger partial charge < -0.3 is 11.5 Å². The van der Waals surface area contributed by atoms with E-state index in [1.165, 1.54) is 0 Å². The van der Waals surface area contributed by atoms with Crippen molar-refractivity contribution in [3.05, 3.63) is 33.8 Å². The standard InChI is InChI=1S/C9H12Cl2N2/c10-8-2-1-3-9(11)7(8)4-6(13)5-12/h1-3,6H,4-5,12-13H2. The largest absolute Gasteiger partial charge is 0.329 e. The minimum Gasteiger partial charge on any atom is -0.329 e. The molecule has 0 aliphatic heterocycles. The van der Waals surface area contributed by atoms with E-state index in [0.29, 0.717) is 23.0 Å². The Kier molecular flexibility index (Phi) is 4.00. The van der Waals surface area contributed by atoms with Crippen LogP contribution in [0.3, 0.4) is 0 Å². The van der Waals surface area contributed by atoms with Gasteiger partial charge in [0.05, 0.1) is 0 Å². The van der Waals surface area contributed by atoms with E-state index in [1.54, 1.807) is 12.1 Å². The molecular formula is C9H12Cl2N2. The van der Waals surface area contributed by atoms with Crippen LogP contribution in [0.5, 0.6) is 0 Å². The number of halogens is 2. The summed E-state index contributed by atoms with van der Waals surface area (Å²) in [5.74, 6) is 0. The van der Waals surface area contributed by atoms with Crippen molar-refractivity contribution in [3.8, 4) is 0 Å². The molecule has 0 aliphatic carbocycles. The van der Waals surface area contributed by atoms with E-state index < -0.39 is 0 Å². The number of rotatable bonds is 3. The molecule has 0 aromatic heterocycles. The van der Waals surface area contributed by atoms with Gasteiger partial charge in [-0.15, -0.1) is 0 Å². The minimum absolute atomic E-state index is 0.0857. The molecule has 4 N–H and O–H groups in total. The van der Waals surface area contributed by atoms with E-state index in [9.17, 15) is 0 Å². The fourth-order valence-corrected chi connectivity index (χ4v) is 1.62. The van der Waals surface area contributed by atoms with Crippen LogP contribution in [0, 0.1) is 0 Å². The summed E-state index contributed by atoms with van der Waals surface area (Å²) in [5.41, 5.74) is 12.0. The molecule has 0 bridgehead atoms. The molecule has 0 heterocycles. The summed E-state index contributed by atoms with van der Waals surface area (Å²) < 4.78 is 0. The van der Waals surface area contributed by atoms with Gasteiger partial charge in [0.2, 0.25) is 0 Å². The van der Waals surface area contributed by atoms with Gasteiger partial charge in [-0.25, -0.2) is 0 Å². The molecule has 2 nitrogen and oxygen atoms in total. The highest BCUT2D eigenvalue weighted by Gasteiger charge is 2.08. The second-order valence-corrected chi connectivity index (χ2v) is 3.71. The van der Waals surface area contributed by atoms with Crippen molar-refractivity contribution in [2.24, 2.45) is 11.5 Å². The van der Waals surface area contributed by atoms with E-state index in [0.717, 1.165) is 5.56 Å². The van der Waals surface area contributed by atoms with Crippen LogP contribution in [-0.4, -0.2) is 12.6 Å². The summed E-state index contributed by atoms with van der Waals surface area (Å²) >= 11 is 11.9. The average Bonchev–Trinajstić information content (AvgIpc) is 2.11. The van der Waals surface area contributed by atoms with Crippen LogP contribution in [0.25, 0.3) is 0 Å². The summed E-state index contributed by atoms with van der Waals surface area (Å²) in [6.45, 7) is 0.432. The maximum Gasteiger partial charge on any atom is 0.0453 e. The number of hydrogen-bond donors (Lipinski definition) is 2. The minimum atomic E-state index is -0.0857. The number of hydrogen-bond acceptors (Lipinski definition) is 2. The van der Waals surface area contributed by atoms with E-state index in [-0.39, 0.29) is 6.04 Å². The Balaban J connectivity index is 2.87. The first-order valence-corrected chi connectivity index (χ1v) is 4.79. The molecule has 0 radical (unpaired) electrons. The molecule has 0 saturated carbocycles. The third-order valence-electron chi connectivity index (χ3n) is 1.83.